The number of hydrogen-bond acceptors (Lipinski definition) is 9. The van der Waals surface area contributed by atoms with Gasteiger partial charge in [-0.15, -0.1) is 11.6 Å². The van der Waals surface area contributed by atoms with E-state index < -0.39 is 23.0 Å². The Balaban J connectivity index is 1.26. The molecule has 10 nitrogen and oxygen atoms in total. The Labute approximate surface area is 301 Å². The molecule has 12 heteroatoms. The highest BCUT2D eigenvalue weighted by Crippen LogP contribution is 2.43. The molecule has 2 unspecified atom stereocenters. The molecular weight excluding hydrogens is 671 g/mol. The number of nitriles is 1. The number of aromatic nitrogens is 2. The van der Waals surface area contributed by atoms with Gasteiger partial charge in [0, 0.05) is 45.5 Å². The first-order valence-electron chi connectivity index (χ1n) is 17.2. The summed E-state index contributed by atoms with van der Waals surface area (Å²) in [6.45, 7) is 3.86. The van der Waals surface area contributed by atoms with Gasteiger partial charge in [0.25, 0.3) is 5.91 Å². The molecule has 4 aromatic rings. The first-order valence-corrected chi connectivity index (χ1v) is 17.6. The fourth-order valence-corrected chi connectivity index (χ4v) is 7.70. The minimum absolute atomic E-state index is 0.00428. The van der Waals surface area contributed by atoms with Crippen LogP contribution in [0.1, 0.15) is 69.0 Å². The second-order valence-corrected chi connectivity index (χ2v) is 14.1. The second-order valence-electron chi connectivity index (χ2n) is 13.7. The summed E-state index contributed by atoms with van der Waals surface area (Å²) in [5.41, 5.74) is 4.74. The number of benzene rings is 2. The van der Waals surface area contributed by atoms with Crippen molar-refractivity contribution in [3.05, 3.63) is 112 Å². The van der Waals surface area contributed by atoms with Gasteiger partial charge in [-0.2, -0.15) is 5.26 Å². The summed E-state index contributed by atoms with van der Waals surface area (Å²) in [5, 5.41) is 26.1. The smallest absolute Gasteiger partial charge is 0.271 e. The number of alkyl halides is 2. The number of nitrogens with zero attached hydrogens (tertiary/aromatic N) is 4. The number of ether oxygens (including phenoxy) is 1. The fourth-order valence-electron chi connectivity index (χ4n) is 7.29. The molecule has 7 rings (SSSR count). The molecule has 51 heavy (non-hydrogen) atoms. The summed E-state index contributed by atoms with van der Waals surface area (Å²) < 4.78 is 25.4. The predicted molar refractivity (Wildman–Crippen MR) is 191 cm³/mol. The number of amides is 1. The molecule has 3 heterocycles. The number of allylic oxidation sites excluding steroid dienone is 2. The molecule has 2 fully saturated rings. The molecule has 1 saturated carbocycles. The van der Waals surface area contributed by atoms with Crippen LogP contribution in [-0.2, 0) is 30.0 Å². The maximum absolute atomic E-state index is 14.3. The van der Waals surface area contributed by atoms with E-state index in [9.17, 15) is 19.6 Å². The molecule has 2 aromatic carbocycles. The fraction of sp³-hybridized carbons (Fsp3) is 0.385. The predicted octanol–water partition coefficient (Wildman–Crippen LogP) is 5.59. The van der Waals surface area contributed by atoms with Crippen molar-refractivity contribution in [3.63, 3.8) is 0 Å². The van der Waals surface area contributed by atoms with E-state index in [0.717, 1.165) is 52.7 Å². The van der Waals surface area contributed by atoms with E-state index in [2.05, 4.69) is 21.7 Å². The number of halogens is 2. The van der Waals surface area contributed by atoms with E-state index in [1.54, 1.807) is 31.5 Å². The van der Waals surface area contributed by atoms with Crippen molar-refractivity contribution in [2.45, 2.75) is 75.1 Å². The van der Waals surface area contributed by atoms with Crippen LogP contribution in [0, 0.1) is 18.3 Å². The monoisotopic (exact) mass is 710 g/mol. The summed E-state index contributed by atoms with van der Waals surface area (Å²) in [6, 6.07) is 15.3. The van der Waals surface area contributed by atoms with E-state index in [-0.39, 0.29) is 41.5 Å². The third-order valence-corrected chi connectivity index (χ3v) is 10.7. The van der Waals surface area contributed by atoms with E-state index >= 15 is 0 Å². The number of aryl methyl sites for hydroxylation is 1. The van der Waals surface area contributed by atoms with Gasteiger partial charge in [-0.3, -0.25) is 14.7 Å². The SMILES string of the molecule is COCc1cc(C(=O)NC2(c3nc4cc(CN5CC(F)C5)cc(C#N)c4o3)C=CC=C(c3ccccc3C)C2Cl)ncc1CN[C@@H]1CCC[C@H]1O. The van der Waals surface area contributed by atoms with Crippen molar-refractivity contribution in [2.24, 2.45) is 0 Å². The van der Waals surface area contributed by atoms with Crippen LogP contribution in [0.2, 0.25) is 0 Å². The minimum atomic E-state index is -1.49. The van der Waals surface area contributed by atoms with Gasteiger partial charge < -0.3 is 24.9 Å². The summed E-state index contributed by atoms with van der Waals surface area (Å²) >= 11 is 7.43. The van der Waals surface area contributed by atoms with Crippen LogP contribution in [0.3, 0.4) is 0 Å². The second kappa shape index (κ2) is 14.7. The molecule has 264 valence electrons. The first-order chi connectivity index (χ1) is 24.7. The van der Waals surface area contributed by atoms with Crippen molar-refractivity contribution in [1.82, 2.24) is 25.5 Å². The van der Waals surface area contributed by atoms with Crippen LogP contribution in [0.15, 0.2) is 71.3 Å². The zero-order valence-electron chi connectivity index (χ0n) is 28.5. The average Bonchev–Trinajstić information content (AvgIpc) is 3.74. The number of rotatable bonds is 11. The Hall–Kier alpha value is -4.44. The topological polar surface area (TPSA) is 137 Å². The number of carbonyl (C=O) groups is 1. The van der Waals surface area contributed by atoms with E-state index in [1.807, 2.05) is 54.3 Å². The van der Waals surface area contributed by atoms with Crippen molar-refractivity contribution in [3.8, 4) is 6.07 Å². The largest absolute Gasteiger partial charge is 0.436 e. The maximum atomic E-state index is 14.3. The van der Waals surface area contributed by atoms with Gasteiger partial charge in [-0.05, 0) is 83.9 Å². The third kappa shape index (κ3) is 6.95. The molecule has 0 radical (unpaired) electrons. The van der Waals surface area contributed by atoms with E-state index in [0.29, 0.717) is 31.7 Å². The van der Waals surface area contributed by atoms with Crippen molar-refractivity contribution in [1.29, 1.82) is 5.26 Å². The zero-order valence-corrected chi connectivity index (χ0v) is 29.3. The van der Waals surface area contributed by atoms with Crippen LogP contribution in [0.4, 0.5) is 4.39 Å². The molecule has 1 aliphatic heterocycles. The van der Waals surface area contributed by atoms with Gasteiger partial charge >= 0.3 is 0 Å². The molecule has 4 atom stereocenters. The van der Waals surface area contributed by atoms with Crippen molar-refractivity contribution in [2.75, 3.05) is 20.2 Å². The summed E-state index contributed by atoms with van der Waals surface area (Å²) in [6.07, 6.45) is 8.55. The number of aliphatic hydroxyl groups excluding tert-OH is 1. The summed E-state index contributed by atoms with van der Waals surface area (Å²) in [5.74, 6) is -0.405. The number of aliphatic hydroxyl groups is 1. The van der Waals surface area contributed by atoms with E-state index in [1.165, 1.54) is 0 Å². The Morgan fingerprint density at radius 3 is 2.78 bits per heavy atom. The number of likely N-dealkylation sites (tertiary alicyclic amines) is 1. The lowest BCUT2D eigenvalue weighted by atomic mass is 9.81. The number of pyridine rings is 1. The Morgan fingerprint density at radius 2 is 2.06 bits per heavy atom. The molecular formula is C39H40ClFN6O4. The highest BCUT2D eigenvalue weighted by Gasteiger charge is 2.47. The summed E-state index contributed by atoms with van der Waals surface area (Å²) in [7, 11) is 1.59. The lowest BCUT2D eigenvalue weighted by Gasteiger charge is -2.36. The van der Waals surface area contributed by atoms with Gasteiger partial charge in [0.15, 0.2) is 11.1 Å². The Kier molecular flexibility index (Phi) is 10.1. The molecule has 3 aliphatic rings. The van der Waals surface area contributed by atoms with Gasteiger partial charge in [-0.1, -0.05) is 36.4 Å². The average molecular weight is 711 g/mol. The van der Waals surface area contributed by atoms with Crippen LogP contribution < -0.4 is 10.6 Å². The van der Waals surface area contributed by atoms with Crippen molar-refractivity contribution >= 4 is 34.2 Å². The minimum Gasteiger partial charge on any atom is -0.436 e. The van der Waals surface area contributed by atoms with Crippen LogP contribution >= 0.6 is 11.6 Å². The first kappa shape index (κ1) is 35.0. The highest BCUT2D eigenvalue weighted by atomic mass is 35.5. The van der Waals surface area contributed by atoms with Gasteiger partial charge in [0.05, 0.1) is 23.7 Å². The zero-order chi connectivity index (χ0) is 35.7. The Bertz CT molecular complexity index is 2050. The third-order valence-electron chi connectivity index (χ3n) is 10.1. The van der Waals surface area contributed by atoms with Crippen LogP contribution in [-0.4, -0.2) is 69.8 Å². The molecule has 2 aromatic heterocycles. The molecule has 0 spiro atoms. The van der Waals surface area contributed by atoms with Crippen LogP contribution in [0.25, 0.3) is 16.7 Å². The lowest BCUT2D eigenvalue weighted by molar-refractivity contribution is 0.0591. The molecule has 1 amide bonds. The Morgan fingerprint density at radius 1 is 1.24 bits per heavy atom. The number of methoxy groups -OCH3 is 1. The molecule has 3 N–H and O–H groups in total. The number of fused-ring (bicyclic) bond motifs is 1. The van der Waals surface area contributed by atoms with Crippen LogP contribution in [0.5, 0.6) is 0 Å². The lowest BCUT2D eigenvalue weighted by Crippen LogP contribution is -2.52. The molecule has 0 bridgehead atoms. The normalized spacial score (nSPS) is 23.6. The number of nitrogens with one attached hydrogen (secondary N) is 2. The standard InChI is InChI=1S/C39H40ClFN6O4/c1-23-7-3-4-8-29(23)30-9-6-12-39(36(30)40,38-45-32-14-24(19-47-20-28(41)21-47)13-25(16-42)35(32)51-38)46-37(49)33-15-26(22-50-2)27(18-44-33)17-43-31-10-5-11-34(31)48/h3-4,6-9,12-15,18,28,31,34,36,43,48H,5,10-11,17,19-22H2,1-2H3,(H,46,49)/t31-,34-,36?,39?/m1/s1. The highest BCUT2D eigenvalue weighted by molar-refractivity contribution is 6.28. The molecule has 2 aliphatic carbocycles. The number of carbonyl (C=O) groups excluding carboxylic acids is 1. The van der Waals surface area contributed by atoms with Gasteiger partial charge in [-0.25, -0.2) is 9.37 Å². The van der Waals surface area contributed by atoms with E-state index in [4.69, 9.17) is 25.7 Å². The number of hydrogen-bond donors (Lipinski definition) is 3. The quantitative estimate of drug-likeness (QED) is 0.170. The summed E-state index contributed by atoms with van der Waals surface area (Å²) in [4.78, 5) is 25.6. The van der Waals surface area contributed by atoms with Crippen molar-refractivity contribution < 1.29 is 23.4 Å². The van der Waals surface area contributed by atoms with Gasteiger partial charge in [0.2, 0.25) is 5.89 Å². The van der Waals surface area contributed by atoms with Gasteiger partial charge in [0.1, 0.15) is 23.5 Å². The molecule has 1 saturated heterocycles. The number of oxazole rings is 1. The maximum Gasteiger partial charge on any atom is 0.271 e.